The lowest BCUT2D eigenvalue weighted by molar-refractivity contribution is 0.264. The van der Waals surface area contributed by atoms with Crippen molar-refractivity contribution >= 4 is 0 Å². The molecule has 0 bridgehead atoms. The molecule has 1 aliphatic carbocycles. The maximum Gasteiger partial charge on any atom is 0.123 e. The van der Waals surface area contributed by atoms with Gasteiger partial charge < -0.3 is 10.8 Å². The number of benzene rings is 1. The molecule has 0 heterocycles. The Balaban J connectivity index is 2.30. The van der Waals surface area contributed by atoms with Crippen LogP contribution in [0.3, 0.4) is 0 Å². The maximum atomic E-state index is 13.0. The molecule has 0 radical (unpaired) electrons. The Bertz CT molecular complexity index is 342. The monoisotopic (exact) mass is 195 g/mol. The van der Waals surface area contributed by atoms with Crippen LogP contribution in [-0.2, 0) is 5.41 Å². The topological polar surface area (TPSA) is 46.2 Å². The third-order valence-electron chi connectivity index (χ3n) is 3.22. The highest BCUT2D eigenvalue weighted by molar-refractivity contribution is 5.34. The summed E-state index contributed by atoms with van der Waals surface area (Å²) in [5.74, 6) is -0.0341. The molecule has 0 saturated heterocycles. The summed E-state index contributed by atoms with van der Waals surface area (Å²) >= 11 is 0. The van der Waals surface area contributed by atoms with Gasteiger partial charge >= 0.3 is 0 Å². The first-order chi connectivity index (χ1) is 6.73. The van der Waals surface area contributed by atoms with E-state index in [2.05, 4.69) is 0 Å². The van der Waals surface area contributed by atoms with Gasteiger partial charge in [-0.2, -0.15) is 0 Å². The zero-order valence-electron chi connectivity index (χ0n) is 7.91. The SMILES string of the molecule is NCC1(c2cccc(F)c2)CC1CO. The van der Waals surface area contributed by atoms with Gasteiger partial charge in [-0.05, 0) is 30.0 Å². The first-order valence-corrected chi connectivity index (χ1v) is 4.80. The number of rotatable bonds is 3. The first-order valence-electron chi connectivity index (χ1n) is 4.80. The van der Waals surface area contributed by atoms with Gasteiger partial charge in [0, 0.05) is 18.6 Å². The van der Waals surface area contributed by atoms with Crippen molar-refractivity contribution < 1.29 is 9.50 Å². The minimum Gasteiger partial charge on any atom is -0.396 e. The molecule has 76 valence electrons. The molecular weight excluding hydrogens is 181 g/mol. The van der Waals surface area contributed by atoms with E-state index in [-0.39, 0.29) is 23.8 Å². The standard InChI is InChI=1S/C11H14FNO/c12-10-3-1-2-8(4-10)11(7-13)5-9(11)6-14/h1-4,9,14H,5-7,13H2. The summed E-state index contributed by atoms with van der Waals surface area (Å²) in [6, 6.07) is 6.51. The minimum absolute atomic E-state index is 0.133. The Morgan fingerprint density at radius 3 is 2.86 bits per heavy atom. The highest BCUT2D eigenvalue weighted by atomic mass is 19.1. The largest absolute Gasteiger partial charge is 0.396 e. The highest BCUT2D eigenvalue weighted by Gasteiger charge is 2.53. The summed E-state index contributed by atoms with van der Waals surface area (Å²) in [6.07, 6.45) is 0.865. The molecule has 0 spiro atoms. The molecule has 0 amide bonds. The van der Waals surface area contributed by atoms with Crippen LogP contribution in [0.15, 0.2) is 24.3 Å². The van der Waals surface area contributed by atoms with Gasteiger partial charge in [0.2, 0.25) is 0 Å². The third kappa shape index (κ3) is 1.33. The average Bonchev–Trinajstić information content (AvgIpc) is 2.93. The molecule has 3 N–H and O–H groups in total. The molecule has 2 unspecified atom stereocenters. The van der Waals surface area contributed by atoms with Crippen molar-refractivity contribution in [1.82, 2.24) is 0 Å². The van der Waals surface area contributed by atoms with Gasteiger partial charge in [-0.1, -0.05) is 12.1 Å². The molecule has 0 aromatic heterocycles. The maximum absolute atomic E-state index is 13.0. The van der Waals surface area contributed by atoms with E-state index in [0.29, 0.717) is 6.54 Å². The van der Waals surface area contributed by atoms with Crippen molar-refractivity contribution in [2.24, 2.45) is 11.7 Å². The average molecular weight is 195 g/mol. The van der Waals surface area contributed by atoms with Crippen LogP contribution in [0.2, 0.25) is 0 Å². The van der Waals surface area contributed by atoms with E-state index in [4.69, 9.17) is 10.8 Å². The Hall–Kier alpha value is -0.930. The Morgan fingerprint density at radius 1 is 1.57 bits per heavy atom. The van der Waals surface area contributed by atoms with Gasteiger partial charge in [0.05, 0.1) is 0 Å². The minimum atomic E-state index is -0.237. The number of halogens is 1. The quantitative estimate of drug-likeness (QED) is 0.756. The van der Waals surface area contributed by atoms with Gasteiger partial charge in [0.15, 0.2) is 0 Å². The molecular formula is C11H14FNO. The van der Waals surface area contributed by atoms with Crippen LogP contribution in [0.25, 0.3) is 0 Å². The lowest BCUT2D eigenvalue weighted by Gasteiger charge is -2.14. The van der Waals surface area contributed by atoms with E-state index in [1.165, 1.54) is 12.1 Å². The zero-order chi connectivity index (χ0) is 10.2. The van der Waals surface area contributed by atoms with Crippen molar-refractivity contribution in [3.63, 3.8) is 0 Å². The molecule has 1 aromatic rings. The van der Waals surface area contributed by atoms with Crippen LogP contribution in [0, 0.1) is 11.7 Å². The van der Waals surface area contributed by atoms with Gasteiger partial charge in [0.1, 0.15) is 5.82 Å². The van der Waals surface area contributed by atoms with E-state index >= 15 is 0 Å². The zero-order valence-corrected chi connectivity index (χ0v) is 7.91. The molecule has 1 saturated carbocycles. The molecule has 1 aliphatic rings. The van der Waals surface area contributed by atoms with Crippen LogP contribution in [0.1, 0.15) is 12.0 Å². The van der Waals surface area contributed by atoms with Gasteiger partial charge in [-0.25, -0.2) is 4.39 Å². The second-order valence-electron chi connectivity index (χ2n) is 3.95. The fourth-order valence-electron chi connectivity index (χ4n) is 2.14. The summed E-state index contributed by atoms with van der Waals surface area (Å²) in [4.78, 5) is 0. The summed E-state index contributed by atoms with van der Waals surface area (Å²) in [7, 11) is 0. The predicted octanol–water partition coefficient (Wildman–Crippen LogP) is 1.03. The lowest BCUT2D eigenvalue weighted by Crippen LogP contribution is -2.23. The Labute approximate surface area is 82.5 Å². The lowest BCUT2D eigenvalue weighted by atomic mass is 9.93. The smallest absolute Gasteiger partial charge is 0.123 e. The summed E-state index contributed by atoms with van der Waals surface area (Å²) in [6.45, 7) is 0.607. The molecule has 2 atom stereocenters. The highest BCUT2D eigenvalue weighted by Crippen LogP contribution is 2.53. The van der Waals surface area contributed by atoms with Gasteiger partial charge in [-0.3, -0.25) is 0 Å². The van der Waals surface area contributed by atoms with Crippen LogP contribution < -0.4 is 5.73 Å². The summed E-state index contributed by atoms with van der Waals surface area (Å²) in [5, 5.41) is 9.05. The van der Waals surface area contributed by atoms with E-state index < -0.39 is 0 Å². The van der Waals surface area contributed by atoms with Crippen LogP contribution in [0.4, 0.5) is 4.39 Å². The first kappa shape index (κ1) is 9.62. The predicted molar refractivity (Wildman–Crippen MR) is 52.3 cm³/mol. The molecule has 1 fully saturated rings. The molecule has 3 heteroatoms. The van der Waals surface area contributed by atoms with Crippen molar-refractivity contribution in [1.29, 1.82) is 0 Å². The van der Waals surface area contributed by atoms with E-state index in [1.54, 1.807) is 6.07 Å². The molecule has 2 rings (SSSR count). The fraction of sp³-hybridized carbons (Fsp3) is 0.455. The Morgan fingerprint density at radius 2 is 2.36 bits per heavy atom. The second kappa shape index (κ2) is 3.33. The molecule has 2 nitrogen and oxygen atoms in total. The second-order valence-corrected chi connectivity index (χ2v) is 3.95. The van der Waals surface area contributed by atoms with Gasteiger partial charge in [0.25, 0.3) is 0 Å². The van der Waals surface area contributed by atoms with Crippen LogP contribution >= 0.6 is 0 Å². The van der Waals surface area contributed by atoms with Crippen molar-refractivity contribution in [3.05, 3.63) is 35.6 Å². The number of aliphatic hydroxyl groups is 1. The fourth-order valence-corrected chi connectivity index (χ4v) is 2.14. The number of hydrogen-bond donors (Lipinski definition) is 2. The van der Waals surface area contributed by atoms with Crippen molar-refractivity contribution in [2.45, 2.75) is 11.8 Å². The third-order valence-corrected chi connectivity index (χ3v) is 3.22. The van der Waals surface area contributed by atoms with E-state index in [0.717, 1.165) is 12.0 Å². The number of nitrogens with two attached hydrogens (primary N) is 1. The van der Waals surface area contributed by atoms with Crippen molar-refractivity contribution in [3.8, 4) is 0 Å². The van der Waals surface area contributed by atoms with E-state index in [9.17, 15) is 4.39 Å². The Kier molecular flexibility index (Phi) is 2.29. The summed E-state index contributed by atoms with van der Waals surface area (Å²) < 4.78 is 13.0. The molecule has 14 heavy (non-hydrogen) atoms. The normalized spacial score (nSPS) is 30.4. The van der Waals surface area contributed by atoms with Crippen LogP contribution in [0.5, 0.6) is 0 Å². The number of hydrogen-bond acceptors (Lipinski definition) is 2. The van der Waals surface area contributed by atoms with Crippen LogP contribution in [-0.4, -0.2) is 18.3 Å². The van der Waals surface area contributed by atoms with E-state index in [1.807, 2.05) is 6.07 Å². The molecule has 0 aliphatic heterocycles. The number of aliphatic hydroxyl groups excluding tert-OH is 1. The van der Waals surface area contributed by atoms with Crippen molar-refractivity contribution in [2.75, 3.05) is 13.2 Å². The molecule has 1 aromatic carbocycles. The van der Waals surface area contributed by atoms with Gasteiger partial charge in [-0.15, -0.1) is 0 Å². The summed E-state index contributed by atoms with van der Waals surface area (Å²) in [5.41, 5.74) is 6.43.